The molecule has 1 unspecified atom stereocenters. The lowest BCUT2D eigenvalue weighted by atomic mass is 9.52. The van der Waals surface area contributed by atoms with Crippen molar-refractivity contribution in [3.63, 3.8) is 0 Å². The Morgan fingerprint density at radius 2 is 1.48 bits per heavy atom. The highest BCUT2D eigenvalue weighted by Crippen LogP contribution is 2.65. The largest absolute Gasteiger partial charge is 0.334 e. The second-order valence-electron chi connectivity index (χ2n) is 10.9. The molecule has 1 aromatic carbocycles. The van der Waals surface area contributed by atoms with Crippen molar-refractivity contribution in [3.05, 3.63) is 34.9 Å². The Kier molecular flexibility index (Phi) is 3.33. The first kappa shape index (κ1) is 16.9. The quantitative estimate of drug-likeness (QED) is 0.637. The SMILES string of the molecule is CC1(C)C(=O)N(C2C3CC4CC(C3)CC2C4)C1C1(c2ccc(Cl)cc2)CC1. The summed E-state index contributed by atoms with van der Waals surface area (Å²) in [6, 6.07) is 9.36. The normalized spacial score (nSPS) is 42.9. The third kappa shape index (κ3) is 2.17. The zero-order chi connectivity index (χ0) is 18.6. The van der Waals surface area contributed by atoms with E-state index in [-0.39, 0.29) is 10.8 Å². The number of likely N-dealkylation sites (tertiary alicyclic amines) is 1. The van der Waals surface area contributed by atoms with E-state index in [9.17, 15) is 4.79 Å². The number of carbonyl (C=O) groups excluding carboxylic acids is 1. The average Bonchev–Trinajstić information content (AvgIpc) is 3.41. The van der Waals surface area contributed by atoms with E-state index >= 15 is 0 Å². The molecular weight excluding hydrogens is 354 g/mol. The predicted molar refractivity (Wildman–Crippen MR) is 108 cm³/mol. The maximum absolute atomic E-state index is 13.4. The first-order chi connectivity index (χ1) is 12.9. The third-order valence-corrected chi connectivity index (χ3v) is 9.23. The minimum Gasteiger partial charge on any atom is -0.334 e. The number of rotatable bonds is 3. The van der Waals surface area contributed by atoms with Gasteiger partial charge >= 0.3 is 0 Å². The van der Waals surface area contributed by atoms with Crippen LogP contribution in [0, 0.1) is 29.1 Å². The number of nitrogens with zero attached hydrogens (tertiary/aromatic N) is 1. The molecule has 27 heavy (non-hydrogen) atoms. The molecule has 5 aliphatic carbocycles. The summed E-state index contributed by atoms with van der Waals surface area (Å²) in [5, 5.41) is 0.802. The minimum absolute atomic E-state index is 0.163. The number of hydrogen-bond donors (Lipinski definition) is 0. The average molecular weight is 384 g/mol. The highest BCUT2D eigenvalue weighted by molar-refractivity contribution is 6.30. The summed E-state index contributed by atoms with van der Waals surface area (Å²) in [7, 11) is 0. The van der Waals surface area contributed by atoms with E-state index in [1.165, 1.54) is 50.5 Å². The van der Waals surface area contributed by atoms with Gasteiger partial charge in [-0.1, -0.05) is 23.7 Å². The van der Waals surface area contributed by atoms with Crippen LogP contribution in [0.1, 0.15) is 64.4 Å². The number of β-lactam (4-membered cyclic amide) rings is 1. The summed E-state index contributed by atoms with van der Waals surface area (Å²) >= 11 is 6.16. The Bertz CT molecular complexity index is 765. The van der Waals surface area contributed by atoms with Gasteiger partial charge in [0.05, 0.1) is 11.5 Å². The molecule has 6 fully saturated rings. The molecule has 6 aliphatic rings. The van der Waals surface area contributed by atoms with Crippen molar-refractivity contribution in [1.82, 2.24) is 4.90 Å². The summed E-state index contributed by atoms with van der Waals surface area (Å²) in [6.45, 7) is 4.39. The Hall–Kier alpha value is -1.02. The molecule has 1 aliphatic heterocycles. The lowest BCUT2D eigenvalue weighted by Gasteiger charge is -2.66. The smallest absolute Gasteiger partial charge is 0.230 e. The van der Waals surface area contributed by atoms with Crippen molar-refractivity contribution in [2.75, 3.05) is 0 Å². The number of amides is 1. The molecule has 1 aromatic rings. The summed E-state index contributed by atoms with van der Waals surface area (Å²) in [6.07, 6.45) is 9.40. The molecule has 2 nitrogen and oxygen atoms in total. The van der Waals surface area contributed by atoms with Gasteiger partial charge in [0, 0.05) is 16.5 Å². The van der Waals surface area contributed by atoms with Gasteiger partial charge in [0.25, 0.3) is 0 Å². The van der Waals surface area contributed by atoms with Gasteiger partial charge in [0.1, 0.15) is 0 Å². The summed E-state index contributed by atoms with van der Waals surface area (Å²) in [5.74, 6) is 3.87. The summed E-state index contributed by atoms with van der Waals surface area (Å²) in [5.41, 5.74) is 1.33. The van der Waals surface area contributed by atoms with E-state index in [4.69, 9.17) is 11.6 Å². The lowest BCUT2D eigenvalue weighted by Crippen LogP contribution is -2.76. The van der Waals surface area contributed by atoms with E-state index in [2.05, 4.69) is 30.9 Å². The number of hydrogen-bond acceptors (Lipinski definition) is 1. The molecule has 5 saturated carbocycles. The van der Waals surface area contributed by atoms with Crippen LogP contribution in [0.4, 0.5) is 0 Å². The molecule has 0 aromatic heterocycles. The molecule has 4 bridgehead atoms. The zero-order valence-corrected chi connectivity index (χ0v) is 17.2. The molecule has 144 valence electrons. The highest BCUT2D eigenvalue weighted by Gasteiger charge is 2.70. The van der Waals surface area contributed by atoms with Gasteiger partial charge in [-0.3, -0.25) is 4.79 Å². The van der Waals surface area contributed by atoms with Gasteiger partial charge in [-0.05, 0) is 100 Å². The molecule has 7 rings (SSSR count). The van der Waals surface area contributed by atoms with Crippen molar-refractivity contribution < 1.29 is 4.79 Å². The van der Waals surface area contributed by atoms with Crippen LogP contribution in [-0.4, -0.2) is 22.9 Å². The molecule has 1 atom stereocenters. The van der Waals surface area contributed by atoms with Crippen LogP contribution < -0.4 is 0 Å². The van der Waals surface area contributed by atoms with Crippen LogP contribution in [-0.2, 0) is 10.2 Å². The standard InChI is InChI=1S/C24H30ClNO/c1-23(2)21(24(7-8-24)18-3-5-19(25)6-4-18)26(22(23)27)20-16-10-14-9-15(12-16)13-17(20)11-14/h3-6,14-17,20-21H,7-13H2,1-2H3. The topological polar surface area (TPSA) is 20.3 Å². The Morgan fingerprint density at radius 1 is 0.926 bits per heavy atom. The second-order valence-corrected chi connectivity index (χ2v) is 11.4. The minimum atomic E-state index is -0.231. The summed E-state index contributed by atoms with van der Waals surface area (Å²) < 4.78 is 0. The van der Waals surface area contributed by atoms with Crippen LogP contribution in [0.25, 0.3) is 0 Å². The van der Waals surface area contributed by atoms with E-state index in [1.807, 2.05) is 12.1 Å². The van der Waals surface area contributed by atoms with Crippen LogP contribution in [0.15, 0.2) is 24.3 Å². The highest BCUT2D eigenvalue weighted by atomic mass is 35.5. The monoisotopic (exact) mass is 383 g/mol. The van der Waals surface area contributed by atoms with Gasteiger partial charge in [-0.15, -0.1) is 0 Å². The molecule has 1 saturated heterocycles. The van der Waals surface area contributed by atoms with E-state index < -0.39 is 0 Å². The second kappa shape index (κ2) is 5.32. The van der Waals surface area contributed by atoms with Gasteiger partial charge in [-0.25, -0.2) is 0 Å². The van der Waals surface area contributed by atoms with E-state index in [0.29, 0.717) is 18.0 Å². The molecule has 1 heterocycles. The molecule has 3 heteroatoms. The lowest BCUT2D eigenvalue weighted by molar-refractivity contribution is -0.195. The predicted octanol–water partition coefficient (Wildman–Crippen LogP) is 5.43. The van der Waals surface area contributed by atoms with Crippen molar-refractivity contribution in [2.24, 2.45) is 29.1 Å². The van der Waals surface area contributed by atoms with Crippen LogP contribution in [0.5, 0.6) is 0 Å². The van der Waals surface area contributed by atoms with Crippen molar-refractivity contribution in [1.29, 1.82) is 0 Å². The van der Waals surface area contributed by atoms with Crippen LogP contribution >= 0.6 is 11.6 Å². The Morgan fingerprint density at radius 3 is 2.00 bits per heavy atom. The Balaban J connectivity index is 1.37. The molecule has 0 radical (unpaired) electrons. The first-order valence-electron chi connectivity index (χ1n) is 11.0. The van der Waals surface area contributed by atoms with Crippen LogP contribution in [0.2, 0.25) is 5.02 Å². The first-order valence-corrected chi connectivity index (χ1v) is 11.4. The summed E-state index contributed by atoms with van der Waals surface area (Å²) in [4.78, 5) is 15.8. The van der Waals surface area contributed by atoms with Crippen LogP contribution in [0.3, 0.4) is 0 Å². The number of carbonyl (C=O) groups is 1. The fraction of sp³-hybridized carbons (Fsp3) is 0.708. The molecular formula is C24H30ClNO. The van der Waals surface area contributed by atoms with Gasteiger partial charge in [-0.2, -0.15) is 0 Å². The molecule has 0 N–H and O–H groups in total. The zero-order valence-electron chi connectivity index (χ0n) is 16.5. The van der Waals surface area contributed by atoms with E-state index in [1.54, 1.807) is 0 Å². The third-order valence-electron chi connectivity index (χ3n) is 8.98. The maximum Gasteiger partial charge on any atom is 0.230 e. The number of benzene rings is 1. The fourth-order valence-corrected chi connectivity index (χ4v) is 8.23. The fourth-order valence-electron chi connectivity index (χ4n) is 8.10. The van der Waals surface area contributed by atoms with Gasteiger partial charge < -0.3 is 4.90 Å². The van der Waals surface area contributed by atoms with Crippen molar-refractivity contribution >= 4 is 17.5 Å². The maximum atomic E-state index is 13.4. The van der Waals surface area contributed by atoms with Gasteiger partial charge in [0.15, 0.2) is 0 Å². The number of halogens is 1. The molecule has 1 amide bonds. The van der Waals surface area contributed by atoms with Crippen molar-refractivity contribution in [3.8, 4) is 0 Å². The molecule has 0 spiro atoms. The Labute approximate surface area is 167 Å². The van der Waals surface area contributed by atoms with Crippen molar-refractivity contribution in [2.45, 2.75) is 76.3 Å². The van der Waals surface area contributed by atoms with Gasteiger partial charge in [0.2, 0.25) is 5.91 Å². The van der Waals surface area contributed by atoms with E-state index in [0.717, 1.165) is 28.7 Å².